The molecule has 0 spiro atoms. The zero-order chi connectivity index (χ0) is 11.8. The quantitative estimate of drug-likeness (QED) is 0.710. The number of rotatable bonds is 7. The van der Waals surface area contributed by atoms with Crippen molar-refractivity contribution in [2.24, 2.45) is 5.92 Å². The minimum atomic E-state index is 0.628. The summed E-state index contributed by atoms with van der Waals surface area (Å²) in [5, 5.41) is 0.628. The fourth-order valence-corrected chi connectivity index (χ4v) is 2.45. The molecule has 0 bridgehead atoms. The van der Waals surface area contributed by atoms with Gasteiger partial charge in [-0.15, -0.1) is 0 Å². The van der Waals surface area contributed by atoms with Crippen LogP contribution in [0.1, 0.15) is 25.8 Å². The third-order valence-corrected chi connectivity index (χ3v) is 3.48. The van der Waals surface area contributed by atoms with Crippen molar-refractivity contribution in [1.82, 2.24) is 0 Å². The Morgan fingerprint density at radius 1 is 1.19 bits per heavy atom. The second kappa shape index (κ2) is 7.75. The van der Waals surface area contributed by atoms with E-state index < -0.39 is 0 Å². The topological polar surface area (TPSA) is 9.23 Å². The van der Waals surface area contributed by atoms with E-state index in [-0.39, 0.29) is 0 Å². The summed E-state index contributed by atoms with van der Waals surface area (Å²) in [5.74, 6) is 0.748. The predicted molar refractivity (Wildman–Crippen MR) is 72.9 cm³/mol. The van der Waals surface area contributed by atoms with Crippen molar-refractivity contribution >= 4 is 11.8 Å². The van der Waals surface area contributed by atoms with Crippen molar-refractivity contribution in [3.63, 3.8) is 0 Å². The average Bonchev–Trinajstić information content (AvgIpc) is 2.28. The summed E-state index contributed by atoms with van der Waals surface area (Å²) in [5.41, 5.74) is 1.26. The van der Waals surface area contributed by atoms with Crippen molar-refractivity contribution in [2.45, 2.75) is 32.1 Å². The smallest absolute Gasteiger partial charge is 0.0717 e. The molecule has 1 aromatic carbocycles. The van der Waals surface area contributed by atoms with Crippen LogP contribution in [0.3, 0.4) is 0 Å². The summed E-state index contributed by atoms with van der Waals surface area (Å²) in [6.07, 6.45) is 3.40. The molecule has 0 aliphatic heterocycles. The lowest BCUT2D eigenvalue weighted by Crippen LogP contribution is -2.14. The molecule has 1 unspecified atom stereocenters. The molecule has 0 aromatic heterocycles. The Kier molecular flexibility index (Phi) is 6.58. The molecule has 0 heterocycles. The largest absolute Gasteiger partial charge is 0.376 e. The average molecular weight is 238 g/mol. The first-order valence-corrected chi connectivity index (χ1v) is 7.15. The number of hydrogen-bond donors (Lipinski definition) is 0. The molecule has 2 heteroatoms. The van der Waals surface area contributed by atoms with E-state index in [0.29, 0.717) is 5.25 Å². The Labute approximate surface area is 104 Å². The molecule has 16 heavy (non-hydrogen) atoms. The maximum Gasteiger partial charge on any atom is 0.0717 e. The summed E-state index contributed by atoms with van der Waals surface area (Å²) in [6.45, 7) is 6.12. The minimum absolute atomic E-state index is 0.628. The first kappa shape index (κ1) is 13.6. The predicted octanol–water partition coefficient (Wildman–Crippen LogP) is 3.98. The molecule has 0 radical (unpaired) electrons. The van der Waals surface area contributed by atoms with Gasteiger partial charge >= 0.3 is 0 Å². The summed E-state index contributed by atoms with van der Waals surface area (Å²) in [7, 11) is 0. The molecule has 0 fully saturated rings. The van der Waals surface area contributed by atoms with Gasteiger partial charge in [0.1, 0.15) is 0 Å². The van der Waals surface area contributed by atoms with Crippen molar-refractivity contribution in [2.75, 3.05) is 12.9 Å². The molecular weight excluding hydrogens is 216 g/mol. The van der Waals surface area contributed by atoms with Gasteiger partial charge in [0.05, 0.1) is 13.2 Å². The number of ether oxygens (including phenoxy) is 1. The van der Waals surface area contributed by atoms with E-state index in [9.17, 15) is 0 Å². The molecule has 1 aromatic rings. The molecule has 90 valence electrons. The fraction of sp³-hybridized carbons (Fsp3) is 0.571. The Balaban J connectivity index is 2.23. The monoisotopic (exact) mass is 238 g/mol. The van der Waals surface area contributed by atoms with Crippen LogP contribution >= 0.6 is 11.8 Å². The molecule has 0 saturated carbocycles. The third kappa shape index (κ3) is 5.57. The van der Waals surface area contributed by atoms with Crippen molar-refractivity contribution in [3.05, 3.63) is 35.9 Å². The summed E-state index contributed by atoms with van der Waals surface area (Å²) in [6, 6.07) is 10.4. The molecule has 1 rings (SSSR count). The molecular formula is C14H22OS. The van der Waals surface area contributed by atoms with Gasteiger partial charge in [-0.2, -0.15) is 11.8 Å². The highest BCUT2D eigenvalue weighted by atomic mass is 32.2. The summed E-state index contributed by atoms with van der Waals surface area (Å²) >= 11 is 1.91. The minimum Gasteiger partial charge on any atom is -0.376 e. The lowest BCUT2D eigenvalue weighted by Gasteiger charge is -2.16. The summed E-state index contributed by atoms with van der Waals surface area (Å²) in [4.78, 5) is 0. The van der Waals surface area contributed by atoms with Gasteiger partial charge in [0.25, 0.3) is 0 Å². The van der Waals surface area contributed by atoms with Crippen LogP contribution in [0.25, 0.3) is 0 Å². The van der Waals surface area contributed by atoms with Crippen LogP contribution in [0, 0.1) is 5.92 Å². The lowest BCUT2D eigenvalue weighted by atomic mass is 10.1. The Bertz CT molecular complexity index is 271. The van der Waals surface area contributed by atoms with Crippen LogP contribution < -0.4 is 0 Å². The fourth-order valence-electron chi connectivity index (χ4n) is 1.64. The van der Waals surface area contributed by atoms with Crippen molar-refractivity contribution in [1.29, 1.82) is 0 Å². The van der Waals surface area contributed by atoms with Crippen LogP contribution in [-0.4, -0.2) is 18.1 Å². The molecule has 1 nitrogen and oxygen atoms in total. The third-order valence-electron chi connectivity index (χ3n) is 2.48. The van der Waals surface area contributed by atoms with Gasteiger partial charge in [-0.3, -0.25) is 0 Å². The van der Waals surface area contributed by atoms with E-state index in [4.69, 9.17) is 4.74 Å². The van der Waals surface area contributed by atoms with E-state index in [1.807, 2.05) is 17.8 Å². The first-order valence-electron chi connectivity index (χ1n) is 5.86. The molecule has 1 atom stereocenters. The van der Waals surface area contributed by atoms with Gasteiger partial charge in [0.15, 0.2) is 0 Å². The molecule has 0 aliphatic carbocycles. The molecule has 0 N–H and O–H groups in total. The van der Waals surface area contributed by atoms with Crippen LogP contribution in [0.4, 0.5) is 0 Å². The molecule has 0 saturated heterocycles. The van der Waals surface area contributed by atoms with Crippen LogP contribution in [-0.2, 0) is 11.3 Å². The standard InChI is InChI=1S/C14H22OS/c1-12(2)9-14(16-3)11-15-10-13-7-5-4-6-8-13/h4-8,12,14H,9-11H2,1-3H3. The van der Waals surface area contributed by atoms with Crippen molar-refractivity contribution in [3.8, 4) is 0 Å². The number of hydrogen-bond acceptors (Lipinski definition) is 2. The van der Waals surface area contributed by atoms with Crippen LogP contribution in [0.5, 0.6) is 0 Å². The highest BCUT2D eigenvalue weighted by Gasteiger charge is 2.09. The second-order valence-electron chi connectivity index (χ2n) is 4.49. The van der Waals surface area contributed by atoms with Crippen molar-refractivity contribution < 1.29 is 4.74 Å². The number of benzene rings is 1. The van der Waals surface area contributed by atoms with E-state index in [1.54, 1.807) is 0 Å². The van der Waals surface area contributed by atoms with E-state index in [0.717, 1.165) is 19.1 Å². The van der Waals surface area contributed by atoms with Crippen LogP contribution in [0.15, 0.2) is 30.3 Å². The van der Waals surface area contributed by atoms with Gasteiger partial charge < -0.3 is 4.74 Å². The zero-order valence-electron chi connectivity index (χ0n) is 10.5. The Morgan fingerprint density at radius 3 is 2.44 bits per heavy atom. The van der Waals surface area contributed by atoms with Gasteiger partial charge in [-0.05, 0) is 24.2 Å². The number of thioether (sulfide) groups is 1. The lowest BCUT2D eigenvalue weighted by molar-refractivity contribution is 0.118. The zero-order valence-corrected chi connectivity index (χ0v) is 11.3. The highest BCUT2D eigenvalue weighted by molar-refractivity contribution is 7.99. The maximum absolute atomic E-state index is 5.75. The first-order chi connectivity index (χ1) is 7.72. The summed E-state index contributed by atoms with van der Waals surface area (Å²) < 4.78 is 5.75. The van der Waals surface area contributed by atoms with E-state index in [1.165, 1.54) is 12.0 Å². The van der Waals surface area contributed by atoms with Gasteiger partial charge in [0.2, 0.25) is 0 Å². The SMILES string of the molecule is CSC(COCc1ccccc1)CC(C)C. The maximum atomic E-state index is 5.75. The van der Waals surface area contributed by atoms with Crippen LogP contribution in [0.2, 0.25) is 0 Å². The van der Waals surface area contributed by atoms with E-state index >= 15 is 0 Å². The second-order valence-corrected chi connectivity index (χ2v) is 5.63. The Morgan fingerprint density at radius 2 is 1.88 bits per heavy atom. The van der Waals surface area contributed by atoms with Gasteiger partial charge in [-0.1, -0.05) is 44.2 Å². The van der Waals surface area contributed by atoms with E-state index in [2.05, 4.69) is 44.4 Å². The normalized spacial score (nSPS) is 13.0. The van der Waals surface area contributed by atoms with Gasteiger partial charge in [0, 0.05) is 5.25 Å². The van der Waals surface area contributed by atoms with Gasteiger partial charge in [-0.25, -0.2) is 0 Å². The molecule has 0 amide bonds. The molecule has 0 aliphatic rings. The Hall–Kier alpha value is -0.470. The highest BCUT2D eigenvalue weighted by Crippen LogP contribution is 2.17.